The van der Waals surface area contributed by atoms with Gasteiger partial charge in [0, 0.05) is 4.47 Å². The van der Waals surface area contributed by atoms with Crippen molar-refractivity contribution in [3.05, 3.63) is 28.7 Å². The van der Waals surface area contributed by atoms with Gasteiger partial charge in [-0.15, -0.1) is 0 Å². The molecule has 1 atom stereocenters. The van der Waals surface area contributed by atoms with Crippen molar-refractivity contribution in [3.8, 4) is 5.75 Å². The Labute approximate surface area is 99.2 Å². The Balaban J connectivity index is 2.53. The lowest BCUT2D eigenvalue weighted by Gasteiger charge is -2.18. The van der Waals surface area contributed by atoms with Gasteiger partial charge in [-0.1, -0.05) is 15.9 Å². The van der Waals surface area contributed by atoms with Gasteiger partial charge in [0.1, 0.15) is 18.3 Å². The number of rotatable bonds is 4. The average molecular weight is 299 g/mol. The molecule has 0 saturated carbocycles. The molecule has 2 nitrogen and oxygen atoms in total. The molecule has 0 spiro atoms. The lowest BCUT2D eigenvalue weighted by Crippen LogP contribution is -2.31. The maximum Gasteiger partial charge on any atom is 0.397 e. The van der Waals surface area contributed by atoms with Gasteiger partial charge in [0.25, 0.3) is 0 Å². The fourth-order valence-corrected chi connectivity index (χ4v) is 1.24. The largest absolute Gasteiger partial charge is 0.493 e. The number of benzene rings is 1. The topological polar surface area (TPSA) is 29.5 Å². The highest BCUT2D eigenvalue weighted by Crippen LogP contribution is 2.26. The van der Waals surface area contributed by atoms with Crippen LogP contribution in [0.1, 0.15) is 0 Å². The first kappa shape index (κ1) is 13.3. The second-order valence-electron chi connectivity index (χ2n) is 3.19. The van der Waals surface area contributed by atoms with Crippen LogP contribution in [0.3, 0.4) is 0 Å². The third-order valence-corrected chi connectivity index (χ3v) is 2.48. The van der Waals surface area contributed by atoms with Crippen LogP contribution in [0, 0.1) is 5.92 Å². The lowest BCUT2D eigenvalue weighted by molar-refractivity contribution is -0.190. The molecule has 0 fully saturated rings. The second-order valence-corrected chi connectivity index (χ2v) is 4.10. The molecule has 0 aliphatic carbocycles. The van der Waals surface area contributed by atoms with Crippen LogP contribution in [0.25, 0.3) is 0 Å². The van der Waals surface area contributed by atoms with Crippen molar-refractivity contribution in [1.29, 1.82) is 0 Å². The molecular formula is C10H10BrF3O2. The highest BCUT2D eigenvalue weighted by molar-refractivity contribution is 9.10. The van der Waals surface area contributed by atoms with E-state index in [1.165, 1.54) is 0 Å². The fourth-order valence-electron chi connectivity index (χ4n) is 0.978. The van der Waals surface area contributed by atoms with E-state index in [1.54, 1.807) is 24.3 Å². The number of halogens is 4. The van der Waals surface area contributed by atoms with E-state index in [0.29, 0.717) is 5.75 Å². The van der Waals surface area contributed by atoms with Crippen molar-refractivity contribution in [3.63, 3.8) is 0 Å². The monoisotopic (exact) mass is 298 g/mol. The van der Waals surface area contributed by atoms with Gasteiger partial charge in [0.2, 0.25) is 0 Å². The van der Waals surface area contributed by atoms with Crippen LogP contribution in [0.2, 0.25) is 0 Å². The van der Waals surface area contributed by atoms with Crippen molar-refractivity contribution in [2.24, 2.45) is 5.92 Å². The molecule has 6 heteroatoms. The van der Waals surface area contributed by atoms with E-state index in [4.69, 9.17) is 9.84 Å². The Morgan fingerprint density at radius 3 is 2.25 bits per heavy atom. The minimum atomic E-state index is -4.44. The summed E-state index contributed by atoms with van der Waals surface area (Å²) in [6.45, 7) is -1.55. The maximum atomic E-state index is 12.2. The highest BCUT2D eigenvalue weighted by Gasteiger charge is 2.39. The summed E-state index contributed by atoms with van der Waals surface area (Å²) in [4.78, 5) is 0. The minimum Gasteiger partial charge on any atom is -0.493 e. The molecular weight excluding hydrogens is 289 g/mol. The van der Waals surface area contributed by atoms with E-state index in [-0.39, 0.29) is 0 Å². The van der Waals surface area contributed by atoms with Crippen molar-refractivity contribution in [2.45, 2.75) is 6.18 Å². The summed E-state index contributed by atoms with van der Waals surface area (Å²) in [5.41, 5.74) is 0. The SMILES string of the molecule is OCC(COc1ccc(Br)cc1)C(F)(F)F. The second kappa shape index (κ2) is 5.54. The van der Waals surface area contributed by atoms with E-state index in [2.05, 4.69) is 15.9 Å². The average Bonchev–Trinajstić information content (AvgIpc) is 2.19. The molecule has 90 valence electrons. The summed E-state index contributed by atoms with van der Waals surface area (Å²) in [7, 11) is 0. The van der Waals surface area contributed by atoms with Crippen LogP contribution in [0.4, 0.5) is 13.2 Å². The summed E-state index contributed by atoms with van der Waals surface area (Å²) in [5.74, 6) is -1.51. The highest BCUT2D eigenvalue weighted by atomic mass is 79.9. The summed E-state index contributed by atoms with van der Waals surface area (Å²) >= 11 is 3.20. The molecule has 0 aromatic heterocycles. The Bertz CT molecular complexity index is 324. The molecule has 1 N–H and O–H groups in total. The number of hydrogen-bond acceptors (Lipinski definition) is 2. The fraction of sp³-hybridized carbons (Fsp3) is 0.400. The smallest absolute Gasteiger partial charge is 0.397 e. The van der Waals surface area contributed by atoms with E-state index >= 15 is 0 Å². The standard InChI is InChI=1S/C10H10BrF3O2/c11-8-1-3-9(4-2-8)16-6-7(5-15)10(12,13)14/h1-4,7,15H,5-6H2. The van der Waals surface area contributed by atoms with Crippen molar-refractivity contribution in [1.82, 2.24) is 0 Å². The van der Waals surface area contributed by atoms with Crippen LogP contribution in [-0.4, -0.2) is 24.5 Å². The lowest BCUT2D eigenvalue weighted by atomic mass is 10.2. The third kappa shape index (κ3) is 4.02. The molecule has 1 rings (SSSR count). The number of alkyl halides is 3. The summed E-state index contributed by atoms with van der Waals surface area (Å²) in [6.07, 6.45) is -4.44. The molecule has 0 amide bonds. The number of ether oxygens (including phenoxy) is 1. The first-order chi connectivity index (χ1) is 7.43. The van der Waals surface area contributed by atoms with E-state index in [9.17, 15) is 13.2 Å². The van der Waals surface area contributed by atoms with E-state index in [1.807, 2.05) is 0 Å². The number of hydrogen-bond donors (Lipinski definition) is 1. The minimum absolute atomic E-state index is 0.339. The Morgan fingerprint density at radius 1 is 1.25 bits per heavy atom. The predicted octanol–water partition coefficient (Wildman–Crippen LogP) is 3.00. The number of aliphatic hydroxyl groups is 1. The number of aliphatic hydroxyl groups excluding tert-OH is 1. The van der Waals surface area contributed by atoms with Gasteiger partial charge in [-0.25, -0.2) is 0 Å². The van der Waals surface area contributed by atoms with Crippen molar-refractivity contribution < 1.29 is 23.0 Å². The van der Waals surface area contributed by atoms with Gasteiger partial charge in [0.05, 0.1) is 6.61 Å². The third-order valence-electron chi connectivity index (χ3n) is 1.95. The molecule has 1 aromatic rings. The Kier molecular flexibility index (Phi) is 4.61. The first-order valence-electron chi connectivity index (χ1n) is 4.49. The van der Waals surface area contributed by atoms with Crippen LogP contribution >= 0.6 is 15.9 Å². The molecule has 16 heavy (non-hydrogen) atoms. The summed E-state index contributed by atoms with van der Waals surface area (Å²) < 4.78 is 42.5. The summed E-state index contributed by atoms with van der Waals surface area (Å²) in [5, 5.41) is 8.58. The van der Waals surface area contributed by atoms with Gasteiger partial charge in [-0.2, -0.15) is 13.2 Å². The van der Waals surface area contributed by atoms with Gasteiger partial charge < -0.3 is 9.84 Å². The van der Waals surface area contributed by atoms with Crippen LogP contribution < -0.4 is 4.74 Å². The molecule has 0 bridgehead atoms. The van der Waals surface area contributed by atoms with Crippen LogP contribution in [0.5, 0.6) is 5.75 Å². The predicted molar refractivity (Wildman–Crippen MR) is 56.3 cm³/mol. The first-order valence-corrected chi connectivity index (χ1v) is 5.28. The molecule has 0 saturated heterocycles. The zero-order chi connectivity index (χ0) is 12.2. The Morgan fingerprint density at radius 2 is 1.81 bits per heavy atom. The summed E-state index contributed by atoms with van der Waals surface area (Å²) in [6, 6.07) is 6.43. The van der Waals surface area contributed by atoms with Gasteiger partial charge in [-0.05, 0) is 24.3 Å². The maximum absolute atomic E-state index is 12.2. The van der Waals surface area contributed by atoms with E-state index in [0.717, 1.165) is 4.47 Å². The zero-order valence-electron chi connectivity index (χ0n) is 8.17. The van der Waals surface area contributed by atoms with Crippen molar-refractivity contribution >= 4 is 15.9 Å². The molecule has 0 heterocycles. The van der Waals surface area contributed by atoms with Gasteiger partial charge in [0.15, 0.2) is 0 Å². The van der Waals surface area contributed by atoms with Gasteiger partial charge in [-0.3, -0.25) is 0 Å². The molecule has 0 aliphatic heterocycles. The Hall–Kier alpha value is -0.750. The van der Waals surface area contributed by atoms with Gasteiger partial charge >= 0.3 is 6.18 Å². The zero-order valence-corrected chi connectivity index (χ0v) is 9.75. The van der Waals surface area contributed by atoms with E-state index < -0.39 is 25.3 Å². The quantitative estimate of drug-likeness (QED) is 0.926. The molecule has 0 radical (unpaired) electrons. The molecule has 1 aromatic carbocycles. The molecule has 0 aliphatic rings. The normalized spacial score (nSPS) is 13.6. The molecule has 1 unspecified atom stereocenters. The van der Waals surface area contributed by atoms with Crippen molar-refractivity contribution in [2.75, 3.05) is 13.2 Å². The van der Waals surface area contributed by atoms with Crippen LogP contribution in [0.15, 0.2) is 28.7 Å². The van der Waals surface area contributed by atoms with Crippen LogP contribution in [-0.2, 0) is 0 Å².